The lowest BCUT2D eigenvalue weighted by molar-refractivity contribution is -0.142. The van der Waals surface area contributed by atoms with Gasteiger partial charge in [-0.1, -0.05) is 0 Å². The lowest BCUT2D eigenvalue weighted by Crippen LogP contribution is -2.14. The molecular formula is C11H13NO5. The Labute approximate surface area is 98.3 Å². The molecule has 0 radical (unpaired) electrons. The summed E-state index contributed by atoms with van der Waals surface area (Å²) in [7, 11) is 2.70. The van der Waals surface area contributed by atoms with Crippen LogP contribution in [0.5, 0.6) is 11.5 Å². The van der Waals surface area contributed by atoms with Crippen molar-refractivity contribution in [1.29, 1.82) is 0 Å². The molecule has 0 spiro atoms. The molecule has 0 fully saturated rings. The summed E-state index contributed by atoms with van der Waals surface area (Å²) in [6, 6.07) is 4.44. The normalized spacial score (nSPS) is 9.53. The first-order chi connectivity index (χ1) is 8.06. The number of primary amides is 1. The van der Waals surface area contributed by atoms with Gasteiger partial charge in [-0.15, -0.1) is 0 Å². The second-order valence-electron chi connectivity index (χ2n) is 3.13. The average Bonchev–Trinajstić information content (AvgIpc) is 2.35. The van der Waals surface area contributed by atoms with E-state index in [4.69, 9.17) is 15.2 Å². The van der Waals surface area contributed by atoms with Gasteiger partial charge in [-0.2, -0.15) is 0 Å². The minimum Gasteiger partial charge on any atom is -0.497 e. The van der Waals surface area contributed by atoms with Crippen molar-refractivity contribution in [1.82, 2.24) is 0 Å². The fourth-order valence-electron chi connectivity index (χ4n) is 1.12. The van der Waals surface area contributed by atoms with Gasteiger partial charge in [-0.25, -0.2) is 4.79 Å². The third kappa shape index (κ3) is 3.67. The van der Waals surface area contributed by atoms with E-state index in [2.05, 4.69) is 4.74 Å². The molecule has 0 unspecified atom stereocenters. The third-order valence-electron chi connectivity index (χ3n) is 1.98. The smallest absolute Gasteiger partial charge is 0.343 e. The van der Waals surface area contributed by atoms with Crippen LogP contribution in [0.25, 0.3) is 0 Å². The number of carbonyl (C=O) groups is 2. The van der Waals surface area contributed by atoms with Crippen molar-refractivity contribution in [2.24, 2.45) is 5.73 Å². The van der Waals surface area contributed by atoms with Gasteiger partial charge in [0.05, 0.1) is 14.2 Å². The number of esters is 1. The maximum Gasteiger partial charge on any atom is 0.343 e. The number of methoxy groups -OCH3 is 2. The first kappa shape index (κ1) is 12.8. The lowest BCUT2D eigenvalue weighted by Gasteiger charge is -2.08. The van der Waals surface area contributed by atoms with E-state index in [1.165, 1.54) is 32.4 Å². The van der Waals surface area contributed by atoms with E-state index in [-0.39, 0.29) is 12.2 Å². The van der Waals surface area contributed by atoms with Gasteiger partial charge in [0.2, 0.25) is 5.91 Å². The van der Waals surface area contributed by atoms with Crippen LogP contribution in [0, 0.1) is 0 Å². The van der Waals surface area contributed by atoms with E-state index in [0.29, 0.717) is 11.5 Å². The van der Waals surface area contributed by atoms with Crippen LogP contribution in [0.3, 0.4) is 0 Å². The Morgan fingerprint density at radius 1 is 1.18 bits per heavy atom. The largest absolute Gasteiger partial charge is 0.497 e. The van der Waals surface area contributed by atoms with Crippen LogP contribution in [0.1, 0.15) is 10.4 Å². The molecule has 0 aliphatic carbocycles. The summed E-state index contributed by atoms with van der Waals surface area (Å²) < 4.78 is 14.5. The van der Waals surface area contributed by atoms with Crippen LogP contribution in [0.2, 0.25) is 0 Å². The summed E-state index contributed by atoms with van der Waals surface area (Å²) in [6.07, 6.45) is 0. The Hall–Kier alpha value is -2.24. The molecule has 6 heteroatoms. The number of carbonyl (C=O) groups excluding carboxylic acids is 2. The SMILES string of the molecule is COC(=O)COc1cc(OC)cc(C(N)=O)c1. The second-order valence-corrected chi connectivity index (χ2v) is 3.13. The van der Waals surface area contributed by atoms with Crippen molar-refractivity contribution >= 4 is 11.9 Å². The number of amides is 1. The Morgan fingerprint density at radius 3 is 2.35 bits per heavy atom. The summed E-state index contributed by atoms with van der Waals surface area (Å²) in [5.41, 5.74) is 5.39. The molecule has 0 aliphatic rings. The van der Waals surface area contributed by atoms with E-state index >= 15 is 0 Å². The second kappa shape index (κ2) is 5.74. The molecule has 1 amide bonds. The highest BCUT2D eigenvalue weighted by molar-refractivity contribution is 5.93. The van der Waals surface area contributed by atoms with Crippen molar-refractivity contribution < 1.29 is 23.8 Å². The lowest BCUT2D eigenvalue weighted by atomic mass is 10.2. The van der Waals surface area contributed by atoms with Gasteiger partial charge < -0.3 is 19.9 Å². The molecule has 1 rings (SSSR count). The maximum atomic E-state index is 11.0. The van der Waals surface area contributed by atoms with Crippen molar-refractivity contribution in [3.63, 3.8) is 0 Å². The summed E-state index contributed by atoms with van der Waals surface area (Å²) >= 11 is 0. The fraction of sp³-hybridized carbons (Fsp3) is 0.273. The zero-order chi connectivity index (χ0) is 12.8. The highest BCUT2D eigenvalue weighted by atomic mass is 16.6. The molecule has 0 aliphatic heterocycles. The number of nitrogens with two attached hydrogens (primary N) is 1. The summed E-state index contributed by atoms with van der Waals surface area (Å²) in [5.74, 6) is -0.398. The van der Waals surface area contributed by atoms with Crippen LogP contribution >= 0.6 is 0 Å². The molecule has 0 aromatic heterocycles. The maximum absolute atomic E-state index is 11.0. The predicted octanol–water partition coefficient (Wildman–Crippen LogP) is 0.346. The molecule has 6 nitrogen and oxygen atoms in total. The van der Waals surface area contributed by atoms with E-state index in [1.807, 2.05) is 0 Å². The summed E-state index contributed by atoms with van der Waals surface area (Å²) in [6.45, 7) is -0.248. The van der Waals surface area contributed by atoms with E-state index in [9.17, 15) is 9.59 Å². The number of rotatable bonds is 5. The number of benzene rings is 1. The van der Waals surface area contributed by atoms with Crippen LogP contribution < -0.4 is 15.2 Å². The van der Waals surface area contributed by atoms with Gasteiger partial charge in [-0.05, 0) is 12.1 Å². The topological polar surface area (TPSA) is 87.8 Å². The van der Waals surface area contributed by atoms with Crippen LogP contribution in [-0.4, -0.2) is 32.7 Å². The van der Waals surface area contributed by atoms with Gasteiger partial charge in [0.15, 0.2) is 6.61 Å². The monoisotopic (exact) mass is 239 g/mol. The number of hydrogen-bond donors (Lipinski definition) is 1. The Morgan fingerprint density at radius 2 is 1.82 bits per heavy atom. The third-order valence-corrected chi connectivity index (χ3v) is 1.98. The number of hydrogen-bond acceptors (Lipinski definition) is 5. The molecular weight excluding hydrogens is 226 g/mol. The molecule has 0 saturated heterocycles. The Balaban J connectivity index is 2.87. The molecule has 92 valence electrons. The van der Waals surface area contributed by atoms with Crippen molar-refractivity contribution in [2.45, 2.75) is 0 Å². The molecule has 1 aromatic rings. The minimum atomic E-state index is -0.605. The number of ether oxygens (including phenoxy) is 3. The average molecular weight is 239 g/mol. The molecule has 1 aromatic carbocycles. The van der Waals surface area contributed by atoms with Gasteiger partial charge in [0.25, 0.3) is 0 Å². The minimum absolute atomic E-state index is 0.240. The highest BCUT2D eigenvalue weighted by Gasteiger charge is 2.08. The van der Waals surface area contributed by atoms with Crippen molar-refractivity contribution in [3.8, 4) is 11.5 Å². The molecule has 0 atom stereocenters. The first-order valence-corrected chi connectivity index (χ1v) is 4.75. The Kier molecular flexibility index (Phi) is 4.33. The molecule has 2 N–H and O–H groups in total. The molecule has 0 bridgehead atoms. The fourth-order valence-corrected chi connectivity index (χ4v) is 1.12. The van der Waals surface area contributed by atoms with E-state index in [1.54, 1.807) is 0 Å². The highest BCUT2D eigenvalue weighted by Crippen LogP contribution is 2.22. The Bertz CT molecular complexity index is 430. The summed E-state index contributed by atoms with van der Waals surface area (Å²) in [4.78, 5) is 21.9. The first-order valence-electron chi connectivity index (χ1n) is 4.75. The van der Waals surface area contributed by atoms with Gasteiger partial charge >= 0.3 is 5.97 Å². The zero-order valence-electron chi connectivity index (χ0n) is 9.56. The zero-order valence-corrected chi connectivity index (χ0v) is 9.56. The van der Waals surface area contributed by atoms with Gasteiger partial charge in [-0.3, -0.25) is 4.79 Å². The van der Waals surface area contributed by atoms with Crippen molar-refractivity contribution in [2.75, 3.05) is 20.8 Å². The van der Waals surface area contributed by atoms with Crippen LogP contribution in [-0.2, 0) is 9.53 Å². The van der Waals surface area contributed by atoms with E-state index < -0.39 is 11.9 Å². The van der Waals surface area contributed by atoms with Crippen molar-refractivity contribution in [3.05, 3.63) is 23.8 Å². The molecule has 17 heavy (non-hydrogen) atoms. The van der Waals surface area contributed by atoms with Gasteiger partial charge in [0, 0.05) is 11.6 Å². The van der Waals surface area contributed by atoms with Crippen LogP contribution in [0.4, 0.5) is 0 Å². The molecule has 0 heterocycles. The van der Waals surface area contributed by atoms with E-state index in [0.717, 1.165) is 0 Å². The quantitative estimate of drug-likeness (QED) is 0.749. The summed E-state index contributed by atoms with van der Waals surface area (Å²) in [5, 5.41) is 0. The predicted molar refractivity (Wildman–Crippen MR) is 59.0 cm³/mol. The van der Waals surface area contributed by atoms with Crippen LogP contribution in [0.15, 0.2) is 18.2 Å². The van der Waals surface area contributed by atoms with Gasteiger partial charge in [0.1, 0.15) is 11.5 Å². The molecule has 0 saturated carbocycles. The standard InChI is InChI=1S/C11H13NO5/c1-15-8-3-7(11(12)14)4-9(5-8)17-6-10(13)16-2/h3-5H,6H2,1-2H3,(H2,12,14).